The third kappa shape index (κ3) is 3.25. The fourth-order valence-electron chi connectivity index (χ4n) is 2.05. The van der Waals surface area contributed by atoms with Crippen LogP contribution >= 0.6 is 11.8 Å². The van der Waals surface area contributed by atoms with Crippen molar-refractivity contribution in [1.82, 2.24) is 9.97 Å². The van der Waals surface area contributed by atoms with Crippen molar-refractivity contribution < 1.29 is 4.74 Å². The maximum absolute atomic E-state index is 6.02. The lowest BCUT2D eigenvalue weighted by atomic mass is 10.0. The molecule has 0 spiro atoms. The van der Waals surface area contributed by atoms with Crippen LogP contribution in [0.5, 0.6) is 5.88 Å². The molecule has 0 aliphatic heterocycles. The SMILES string of the molecule is CCOc1ncnc(SC2CCCCC2)c1N. The predicted molar refractivity (Wildman–Crippen MR) is 70.3 cm³/mol. The molecule has 0 unspecified atom stereocenters. The molecule has 0 radical (unpaired) electrons. The highest BCUT2D eigenvalue weighted by Gasteiger charge is 2.18. The van der Waals surface area contributed by atoms with E-state index in [-0.39, 0.29) is 0 Å². The Balaban J connectivity index is 2.06. The van der Waals surface area contributed by atoms with Crippen LogP contribution in [0.25, 0.3) is 0 Å². The Kier molecular flexibility index (Phi) is 4.48. The second kappa shape index (κ2) is 6.10. The third-order valence-electron chi connectivity index (χ3n) is 2.92. The molecule has 1 aliphatic rings. The van der Waals surface area contributed by atoms with Gasteiger partial charge in [0.15, 0.2) is 0 Å². The van der Waals surface area contributed by atoms with Gasteiger partial charge < -0.3 is 10.5 Å². The Labute approximate surface area is 106 Å². The molecule has 1 fully saturated rings. The van der Waals surface area contributed by atoms with E-state index in [1.54, 1.807) is 11.8 Å². The van der Waals surface area contributed by atoms with E-state index in [1.165, 1.54) is 38.4 Å². The van der Waals surface area contributed by atoms with Gasteiger partial charge in [-0.1, -0.05) is 19.3 Å². The number of hydrogen-bond donors (Lipinski definition) is 1. The molecule has 5 heteroatoms. The first-order valence-electron chi connectivity index (χ1n) is 6.21. The topological polar surface area (TPSA) is 61.0 Å². The molecule has 0 aromatic carbocycles. The summed E-state index contributed by atoms with van der Waals surface area (Å²) < 4.78 is 5.38. The van der Waals surface area contributed by atoms with Crippen LogP contribution in [-0.2, 0) is 0 Å². The van der Waals surface area contributed by atoms with Gasteiger partial charge in [0, 0.05) is 5.25 Å². The van der Waals surface area contributed by atoms with Gasteiger partial charge in [0.25, 0.3) is 0 Å². The zero-order valence-electron chi connectivity index (χ0n) is 10.2. The van der Waals surface area contributed by atoms with E-state index in [9.17, 15) is 0 Å². The summed E-state index contributed by atoms with van der Waals surface area (Å²) in [7, 11) is 0. The number of thioether (sulfide) groups is 1. The summed E-state index contributed by atoms with van der Waals surface area (Å²) in [5.74, 6) is 0.515. The van der Waals surface area contributed by atoms with Crippen molar-refractivity contribution in [3.05, 3.63) is 6.33 Å². The van der Waals surface area contributed by atoms with E-state index in [2.05, 4.69) is 9.97 Å². The Morgan fingerprint density at radius 2 is 2.12 bits per heavy atom. The van der Waals surface area contributed by atoms with Crippen molar-refractivity contribution >= 4 is 17.4 Å². The molecule has 0 bridgehead atoms. The molecule has 2 N–H and O–H groups in total. The Bertz CT molecular complexity index is 367. The summed E-state index contributed by atoms with van der Waals surface area (Å²) in [5, 5.41) is 1.52. The molecule has 1 heterocycles. The number of aromatic nitrogens is 2. The molecule has 1 aliphatic carbocycles. The van der Waals surface area contributed by atoms with E-state index in [4.69, 9.17) is 10.5 Å². The smallest absolute Gasteiger partial charge is 0.241 e. The lowest BCUT2D eigenvalue weighted by Crippen LogP contribution is -2.09. The maximum Gasteiger partial charge on any atom is 0.241 e. The fourth-order valence-corrected chi connectivity index (χ4v) is 3.26. The number of rotatable bonds is 4. The molecule has 1 aromatic rings. The Morgan fingerprint density at radius 3 is 2.82 bits per heavy atom. The highest BCUT2D eigenvalue weighted by atomic mass is 32.2. The Hall–Kier alpha value is -0.970. The summed E-state index contributed by atoms with van der Waals surface area (Å²) in [5.41, 5.74) is 6.60. The van der Waals surface area contributed by atoms with Gasteiger partial charge in [0.1, 0.15) is 17.0 Å². The molecule has 4 nitrogen and oxygen atoms in total. The van der Waals surface area contributed by atoms with E-state index >= 15 is 0 Å². The van der Waals surface area contributed by atoms with Gasteiger partial charge in [-0.2, -0.15) is 4.98 Å². The molecule has 0 atom stereocenters. The van der Waals surface area contributed by atoms with Gasteiger partial charge in [-0.15, -0.1) is 11.8 Å². The number of hydrogen-bond acceptors (Lipinski definition) is 5. The van der Waals surface area contributed by atoms with Crippen LogP contribution in [0.1, 0.15) is 39.0 Å². The monoisotopic (exact) mass is 253 g/mol. The van der Waals surface area contributed by atoms with Gasteiger partial charge in [-0.05, 0) is 19.8 Å². The minimum absolute atomic E-state index is 0.515. The van der Waals surface area contributed by atoms with Crippen LogP contribution in [0.2, 0.25) is 0 Å². The molecular weight excluding hydrogens is 234 g/mol. The normalized spacial score (nSPS) is 17.0. The molecule has 0 amide bonds. The number of nitrogens with two attached hydrogens (primary N) is 1. The van der Waals surface area contributed by atoms with E-state index in [0.717, 1.165) is 5.03 Å². The van der Waals surface area contributed by atoms with Crippen molar-refractivity contribution in [3.8, 4) is 5.88 Å². The van der Waals surface area contributed by atoms with Crippen LogP contribution < -0.4 is 10.5 Å². The van der Waals surface area contributed by atoms with Gasteiger partial charge in [-0.25, -0.2) is 4.98 Å². The third-order valence-corrected chi connectivity index (χ3v) is 4.28. The van der Waals surface area contributed by atoms with Crippen LogP contribution in [0.15, 0.2) is 11.4 Å². The average Bonchev–Trinajstić information content (AvgIpc) is 2.36. The second-order valence-corrected chi connectivity index (χ2v) is 5.50. The summed E-state index contributed by atoms with van der Waals surface area (Å²) in [6.45, 7) is 2.50. The first-order chi connectivity index (χ1) is 8.31. The van der Waals surface area contributed by atoms with Gasteiger partial charge in [0.05, 0.1) is 6.61 Å². The molecule has 1 aromatic heterocycles. The minimum atomic E-state index is 0.515. The van der Waals surface area contributed by atoms with Crippen molar-refractivity contribution in [2.75, 3.05) is 12.3 Å². The zero-order chi connectivity index (χ0) is 12.1. The minimum Gasteiger partial charge on any atom is -0.476 e. The molecule has 94 valence electrons. The van der Waals surface area contributed by atoms with Crippen molar-refractivity contribution in [2.24, 2.45) is 0 Å². The predicted octanol–water partition coefficient (Wildman–Crippen LogP) is 2.88. The second-order valence-electron chi connectivity index (χ2n) is 4.21. The average molecular weight is 253 g/mol. The fraction of sp³-hybridized carbons (Fsp3) is 0.667. The zero-order valence-corrected chi connectivity index (χ0v) is 11.0. The Morgan fingerprint density at radius 1 is 1.35 bits per heavy atom. The summed E-state index contributed by atoms with van der Waals surface area (Å²) in [6.07, 6.45) is 8.06. The van der Waals surface area contributed by atoms with Crippen LogP contribution in [0.3, 0.4) is 0 Å². The summed E-state index contributed by atoms with van der Waals surface area (Å²) in [4.78, 5) is 8.31. The first-order valence-corrected chi connectivity index (χ1v) is 7.09. The lowest BCUT2D eigenvalue weighted by Gasteiger charge is -2.21. The quantitative estimate of drug-likeness (QED) is 0.836. The van der Waals surface area contributed by atoms with Gasteiger partial charge in [-0.3, -0.25) is 0 Å². The van der Waals surface area contributed by atoms with Crippen LogP contribution in [0, 0.1) is 0 Å². The van der Waals surface area contributed by atoms with E-state index in [0.29, 0.717) is 23.4 Å². The van der Waals surface area contributed by atoms with Gasteiger partial charge >= 0.3 is 0 Å². The largest absolute Gasteiger partial charge is 0.476 e. The molecule has 17 heavy (non-hydrogen) atoms. The van der Waals surface area contributed by atoms with E-state index < -0.39 is 0 Å². The molecule has 0 saturated heterocycles. The summed E-state index contributed by atoms with van der Waals surface area (Å²) >= 11 is 1.78. The van der Waals surface area contributed by atoms with Crippen LogP contribution in [0.4, 0.5) is 5.69 Å². The van der Waals surface area contributed by atoms with Crippen molar-refractivity contribution in [2.45, 2.75) is 49.3 Å². The molecular formula is C12H19N3OS. The number of anilines is 1. The van der Waals surface area contributed by atoms with E-state index in [1.807, 2.05) is 6.92 Å². The molecule has 1 saturated carbocycles. The molecule has 2 rings (SSSR count). The number of ether oxygens (including phenoxy) is 1. The van der Waals surface area contributed by atoms with Gasteiger partial charge in [0.2, 0.25) is 5.88 Å². The van der Waals surface area contributed by atoms with Crippen molar-refractivity contribution in [1.29, 1.82) is 0 Å². The number of nitrogens with zero attached hydrogens (tertiary/aromatic N) is 2. The maximum atomic E-state index is 6.02. The summed E-state index contributed by atoms with van der Waals surface area (Å²) in [6, 6.07) is 0. The highest BCUT2D eigenvalue weighted by molar-refractivity contribution is 8.00. The number of nitrogen functional groups attached to an aromatic ring is 1. The first kappa shape index (κ1) is 12.5. The van der Waals surface area contributed by atoms with Crippen LogP contribution in [-0.4, -0.2) is 21.8 Å². The lowest BCUT2D eigenvalue weighted by molar-refractivity contribution is 0.327. The standard InChI is InChI=1S/C12H19N3OS/c1-2-16-11-10(13)12(15-8-14-11)17-9-6-4-3-5-7-9/h8-9H,2-7,13H2,1H3. The van der Waals surface area contributed by atoms with Crippen molar-refractivity contribution in [3.63, 3.8) is 0 Å². The highest BCUT2D eigenvalue weighted by Crippen LogP contribution is 2.37.